The Balaban J connectivity index is 1.69. The van der Waals surface area contributed by atoms with Crippen LogP contribution in [0.3, 0.4) is 0 Å². The van der Waals surface area contributed by atoms with E-state index in [9.17, 15) is 0 Å². The highest BCUT2D eigenvalue weighted by molar-refractivity contribution is 7.07. The van der Waals surface area contributed by atoms with Gasteiger partial charge in [0.1, 0.15) is 0 Å². The van der Waals surface area contributed by atoms with E-state index in [4.69, 9.17) is 5.73 Å². The fourth-order valence-electron chi connectivity index (χ4n) is 2.91. The lowest BCUT2D eigenvalue weighted by atomic mass is 9.92. The van der Waals surface area contributed by atoms with E-state index in [1.54, 1.807) is 11.3 Å². The zero-order valence-corrected chi connectivity index (χ0v) is 14.5. The van der Waals surface area contributed by atoms with Crippen LogP contribution in [0, 0.1) is 0 Å². The monoisotopic (exact) mass is 316 g/mol. The van der Waals surface area contributed by atoms with Gasteiger partial charge in [0.25, 0.3) is 0 Å². The maximum atomic E-state index is 5.77. The van der Waals surface area contributed by atoms with Crippen LogP contribution in [-0.4, -0.2) is 12.6 Å². The summed E-state index contributed by atoms with van der Waals surface area (Å²) in [6.07, 6.45) is 4.77. The molecule has 0 aliphatic carbocycles. The first-order valence-corrected chi connectivity index (χ1v) is 9.23. The molecule has 120 valence electrons. The average Bonchev–Trinajstić information content (AvgIpc) is 3.01. The predicted octanol–water partition coefficient (Wildman–Crippen LogP) is 4.82. The predicted molar refractivity (Wildman–Crippen MR) is 98.6 cm³/mol. The van der Waals surface area contributed by atoms with Crippen molar-refractivity contribution in [2.45, 2.75) is 51.5 Å². The topological polar surface area (TPSA) is 38.0 Å². The van der Waals surface area contributed by atoms with Crippen molar-refractivity contribution in [3.05, 3.63) is 52.2 Å². The summed E-state index contributed by atoms with van der Waals surface area (Å²) in [5, 5.41) is 8.04. The van der Waals surface area contributed by atoms with Gasteiger partial charge in [0.2, 0.25) is 0 Å². The van der Waals surface area contributed by atoms with Gasteiger partial charge in [-0.2, -0.15) is 11.3 Å². The van der Waals surface area contributed by atoms with Crippen LogP contribution in [0.15, 0.2) is 41.1 Å². The quantitative estimate of drug-likeness (QED) is 0.514. The van der Waals surface area contributed by atoms with Crippen LogP contribution >= 0.6 is 11.3 Å². The molecule has 2 aromatic rings. The Morgan fingerprint density at radius 1 is 1.18 bits per heavy atom. The van der Waals surface area contributed by atoms with Crippen LogP contribution in [0.1, 0.15) is 50.2 Å². The molecule has 1 aromatic carbocycles. The first kappa shape index (κ1) is 17.0. The number of hydrogen-bond donors (Lipinski definition) is 2. The molecule has 0 saturated heterocycles. The number of nitrogen functional groups attached to an aromatic ring is 1. The van der Waals surface area contributed by atoms with Crippen molar-refractivity contribution in [3.63, 3.8) is 0 Å². The maximum absolute atomic E-state index is 5.77. The zero-order chi connectivity index (χ0) is 15.8. The summed E-state index contributed by atoms with van der Waals surface area (Å²) in [5.41, 5.74) is 9.48. The first-order valence-electron chi connectivity index (χ1n) is 8.29. The van der Waals surface area contributed by atoms with Gasteiger partial charge in [-0.3, -0.25) is 0 Å². The van der Waals surface area contributed by atoms with Crippen LogP contribution in [0.25, 0.3) is 0 Å². The highest BCUT2D eigenvalue weighted by atomic mass is 32.1. The van der Waals surface area contributed by atoms with E-state index in [2.05, 4.69) is 48.1 Å². The van der Waals surface area contributed by atoms with E-state index >= 15 is 0 Å². The van der Waals surface area contributed by atoms with Crippen molar-refractivity contribution in [2.24, 2.45) is 0 Å². The lowest BCUT2D eigenvalue weighted by Gasteiger charge is -2.17. The molecule has 0 fully saturated rings. The summed E-state index contributed by atoms with van der Waals surface area (Å²) < 4.78 is 0. The molecule has 2 rings (SSSR count). The third-order valence-electron chi connectivity index (χ3n) is 4.24. The summed E-state index contributed by atoms with van der Waals surface area (Å²) in [4.78, 5) is 0. The highest BCUT2D eigenvalue weighted by Crippen LogP contribution is 2.25. The Morgan fingerprint density at radius 3 is 2.59 bits per heavy atom. The van der Waals surface area contributed by atoms with Gasteiger partial charge >= 0.3 is 0 Å². The largest absolute Gasteiger partial charge is 0.399 e. The van der Waals surface area contributed by atoms with Crippen molar-refractivity contribution in [1.29, 1.82) is 0 Å². The van der Waals surface area contributed by atoms with Crippen molar-refractivity contribution in [1.82, 2.24) is 5.32 Å². The van der Waals surface area contributed by atoms with E-state index in [-0.39, 0.29) is 0 Å². The van der Waals surface area contributed by atoms with Crippen molar-refractivity contribution in [3.8, 4) is 0 Å². The highest BCUT2D eigenvalue weighted by Gasteiger charge is 2.09. The summed E-state index contributed by atoms with van der Waals surface area (Å²) in [6, 6.07) is 11.1. The van der Waals surface area contributed by atoms with E-state index < -0.39 is 0 Å². The number of nitrogens with two attached hydrogens (primary N) is 1. The molecule has 0 aliphatic rings. The number of benzene rings is 1. The van der Waals surface area contributed by atoms with Crippen molar-refractivity contribution in [2.75, 3.05) is 12.3 Å². The Morgan fingerprint density at radius 2 is 1.95 bits per heavy atom. The minimum atomic E-state index is 0.547. The molecule has 0 bridgehead atoms. The normalized spacial score (nSPS) is 13.9. The van der Waals surface area contributed by atoms with Gasteiger partial charge in [-0.05, 0) is 85.2 Å². The van der Waals surface area contributed by atoms with E-state index in [0.29, 0.717) is 12.0 Å². The molecule has 1 heterocycles. The van der Waals surface area contributed by atoms with Crippen LogP contribution in [0.2, 0.25) is 0 Å². The molecule has 0 saturated carbocycles. The SMILES string of the molecule is CCC(CCCNC(C)Cc1ccsc1)c1ccc(N)cc1. The van der Waals surface area contributed by atoms with Gasteiger partial charge in [-0.25, -0.2) is 0 Å². The molecular weight excluding hydrogens is 288 g/mol. The molecule has 1 aromatic heterocycles. The Kier molecular flexibility index (Phi) is 6.94. The summed E-state index contributed by atoms with van der Waals surface area (Å²) in [5.74, 6) is 0.648. The molecule has 3 N–H and O–H groups in total. The van der Waals surface area contributed by atoms with Gasteiger partial charge in [0, 0.05) is 11.7 Å². The van der Waals surface area contributed by atoms with E-state index in [0.717, 1.165) is 18.7 Å². The minimum absolute atomic E-state index is 0.547. The zero-order valence-electron chi connectivity index (χ0n) is 13.7. The van der Waals surface area contributed by atoms with Gasteiger partial charge in [0.05, 0.1) is 0 Å². The summed E-state index contributed by atoms with van der Waals surface area (Å²) in [7, 11) is 0. The molecule has 0 aliphatic heterocycles. The maximum Gasteiger partial charge on any atom is 0.0314 e. The molecular formula is C19H28N2S. The molecule has 0 spiro atoms. The Hall–Kier alpha value is -1.32. The number of anilines is 1. The van der Waals surface area contributed by atoms with Gasteiger partial charge < -0.3 is 11.1 Å². The smallest absolute Gasteiger partial charge is 0.0314 e. The average molecular weight is 317 g/mol. The summed E-state index contributed by atoms with van der Waals surface area (Å²) in [6.45, 7) is 5.64. The lowest BCUT2D eigenvalue weighted by Crippen LogP contribution is -2.29. The molecule has 2 unspecified atom stereocenters. The summed E-state index contributed by atoms with van der Waals surface area (Å²) >= 11 is 1.78. The van der Waals surface area contributed by atoms with Crippen molar-refractivity contribution >= 4 is 17.0 Å². The molecule has 3 heteroatoms. The fourth-order valence-corrected chi connectivity index (χ4v) is 3.59. The van der Waals surface area contributed by atoms with E-state index in [1.807, 2.05) is 12.1 Å². The second kappa shape index (κ2) is 8.96. The Bertz CT molecular complexity index is 519. The Labute approximate surface area is 138 Å². The van der Waals surface area contributed by atoms with Gasteiger partial charge in [-0.1, -0.05) is 19.1 Å². The number of thiophene rings is 1. The first-order chi connectivity index (χ1) is 10.7. The standard InChI is InChI=1S/C19H28N2S/c1-3-17(18-6-8-19(20)9-7-18)5-4-11-21-15(2)13-16-10-12-22-14-16/h6-10,12,14-15,17,21H,3-5,11,13,20H2,1-2H3. The van der Waals surface area contributed by atoms with Crippen molar-refractivity contribution < 1.29 is 0 Å². The molecule has 0 amide bonds. The number of rotatable bonds is 9. The van der Waals surface area contributed by atoms with Crippen LogP contribution < -0.4 is 11.1 Å². The van der Waals surface area contributed by atoms with E-state index in [1.165, 1.54) is 30.4 Å². The van der Waals surface area contributed by atoms with Gasteiger partial charge in [-0.15, -0.1) is 0 Å². The molecule has 2 nitrogen and oxygen atoms in total. The van der Waals surface area contributed by atoms with Crippen LogP contribution in [-0.2, 0) is 6.42 Å². The van der Waals surface area contributed by atoms with Crippen LogP contribution in [0.5, 0.6) is 0 Å². The second-order valence-electron chi connectivity index (χ2n) is 6.10. The fraction of sp³-hybridized carbons (Fsp3) is 0.474. The molecule has 22 heavy (non-hydrogen) atoms. The van der Waals surface area contributed by atoms with Crippen LogP contribution in [0.4, 0.5) is 5.69 Å². The number of hydrogen-bond acceptors (Lipinski definition) is 3. The third-order valence-corrected chi connectivity index (χ3v) is 4.98. The lowest BCUT2D eigenvalue weighted by molar-refractivity contribution is 0.497. The minimum Gasteiger partial charge on any atom is -0.399 e. The third kappa shape index (κ3) is 5.47. The van der Waals surface area contributed by atoms with Gasteiger partial charge in [0.15, 0.2) is 0 Å². The second-order valence-corrected chi connectivity index (χ2v) is 6.88. The number of nitrogens with one attached hydrogen (secondary N) is 1. The molecule has 2 atom stereocenters. The molecule has 0 radical (unpaired) electrons.